The zero-order valence-corrected chi connectivity index (χ0v) is 10.6. The van der Waals surface area contributed by atoms with Gasteiger partial charge in [-0.2, -0.15) is 0 Å². The smallest absolute Gasteiger partial charge is 0.220 e. The van der Waals surface area contributed by atoms with Crippen LogP contribution in [0.1, 0.15) is 38.3 Å². The van der Waals surface area contributed by atoms with Gasteiger partial charge in [-0.25, -0.2) is 0 Å². The minimum atomic E-state index is -0.128. The van der Waals surface area contributed by atoms with Crippen LogP contribution in [0.5, 0.6) is 0 Å². The molecular weight excluding hydrogens is 212 g/mol. The van der Waals surface area contributed by atoms with E-state index < -0.39 is 0 Å². The van der Waals surface area contributed by atoms with Crippen LogP contribution in [0.3, 0.4) is 0 Å². The van der Waals surface area contributed by atoms with Gasteiger partial charge in [-0.1, -0.05) is 50.6 Å². The first-order chi connectivity index (χ1) is 8.13. The summed E-state index contributed by atoms with van der Waals surface area (Å²) in [6.07, 6.45) is 1.61. The Morgan fingerprint density at radius 2 is 2.00 bits per heavy atom. The first-order valence-electron chi connectivity index (χ1n) is 6.20. The van der Waals surface area contributed by atoms with E-state index in [9.17, 15) is 4.79 Å². The van der Waals surface area contributed by atoms with Gasteiger partial charge in [0.25, 0.3) is 0 Å². The summed E-state index contributed by atoms with van der Waals surface area (Å²) in [6.45, 7) is 4.67. The average molecular weight is 234 g/mol. The van der Waals surface area contributed by atoms with Gasteiger partial charge in [0.1, 0.15) is 0 Å². The zero-order chi connectivity index (χ0) is 12.7. The summed E-state index contributed by atoms with van der Waals surface area (Å²) in [7, 11) is 0. The Bertz CT molecular complexity index is 337. The van der Waals surface area contributed by atoms with Crippen LogP contribution in [0.4, 0.5) is 0 Å². The third-order valence-corrected chi connectivity index (χ3v) is 2.98. The second-order valence-electron chi connectivity index (χ2n) is 4.54. The molecule has 0 saturated carbocycles. The fourth-order valence-corrected chi connectivity index (χ4v) is 1.57. The molecule has 1 rings (SSSR count). The molecule has 0 aliphatic rings. The third kappa shape index (κ3) is 5.00. The van der Waals surface area contributed by atoms with E-state index in [1.165, 1.54) is 0 Å². The van der Waals surface area contributed by atoms with Gasteiger partial charge in [-0.3, -0.25) is 4.79 Å². The number of benzene rings is 1. The molecule has 0 bridgehead atoms. The van der Waals surface area contributed by atoms with Crippen LogP contribution in [0, 0.1) is 5.92 Å². The fraction of sp³-hybridized carbons (Fsp3) is 0.500. The van der Waals surface area contributed by atoms with E-state index in [1.54, 1.807) is 0 Å². The highest BCUT2D eigenvalue weighted by atomic mass is 16.1. The van der Waals surface area contributed by atoms with Crippen LogP contribution in [-0.4, -0.2) is 12.5 Å². The molecule has 94 valence electrons. The lowest BCUT2D eigenvalue weighted by Gasteiger charge is -2.14. The van der Waals surface area contributed by atoms with E-state index >= 15 is 0 Å². The summed E-state index contributed by atoms with van der Waals surface area (Å²) in [6, 6.07) is 9.69. The second kappa shape index (κ2) is 7.07. The van der Waals surface area contributed by atoms with Crippen LogP contribution in [0.15, 0.2) is 30.3 Å². The molecule has 2 atom stereocenters. The van der Waals surface area contributed by atoms with Crippen molar-refractivity contribution in [3.05, 3.63) is 35.9 Å². The highest BCUT2D eigenvalue weighted by Crippen LogP contribution is 2.09. The number of amides is 1. The van der Waals surface area contributed by atoms with Crippen molar-refractivity contribution in [2.75, 3.05) is 6.54 Å². The Morgan fingerprint density at radius 3 is 2.59 bits per heavy atom. The number of nitrogens with two attached hydrogens (primary N) is 1. The maximum Gasteiger partial charge on any atom is 0.220 e. The fourth-order valence-electron chi connectivity index (χ4n) is 1.57. The monoisotopic (exact) mass is 234 g/mol. The van der Waals surface area contributed by atoms with Gasteiger partial charge in [-0.05, 0) is 11.5 Å². The summed E-state index contributed by atoms with van der Waals surface area (Å²) in [5.41, 5.74) is 7.04. The Labute approximate surface area is 103 Å². The largest absolute Gasteiger partial charge is 0.354 e. The molecule has 1 amide bonds. The molecule has 0 heterocycles. The van der Waals surface area contributed by atoms with Crippen molar-refractivity contribution in [1.82, 2.24) is 5.32 Å². The van der Waals surface area contributed by atoms with Crippen molar-refractivity contribution in [3.63, 3.8) is 0 Å². The Kier molecular flexibility index (Phi) is 5.70. The highest BCUT2D eigenvalue weighted by Gasteiger charge is 2.09. The van der Waals surface area contributed by atoms with Crippen molar-refractivity contribution in [2.45, 2.75) is 32.7 Å². The van der Waals surface area contributed by atoms with Crippen molar-refractivity contribution < 1.29 is 4.79 Å². The second-order valence-corrected chi connectivity index (χ2v) is 4.54. The maximum atomic E-state index is 11.6. The number of carbonyl (C=O) groups excluding carboxylic acids is 1. The average Bonchev–Trinajstić information content (AvgIpc) is 2.36. The summed E-state index contributed by atoms with van der Waals surface area (Å²) >= 11 is 0. The van der Waals surface area contributed by atoms with Crippen LogP contribution in [0.25, 0.3) is 0 Å². The van der Waals surface area contributed by atoms with Crippen LogP contribution in [0.2, 0.25) is 0 Å². The molecular formula is C14H22N2O. The first kappa shape index (κ1) is 13.7. The van der Waals surface area contributed by atoms with Gasteiger partial charge in [-0.15, -0.1) is 0 Å². The molecule has 0 spiro atoms. The molecule has 0 aromatic heterocycles. The molecule has 0 aliphatic carbocycles. The molecule has 1 aromatic carbocycles. The minimum absolute atomic E-state index is 0.0886. The van der Waals surface area contributed by atoms with E-state index in [-0.39, 0.29) is 11.9 Å². The maximum absolute atomic E-state index is 11.6. The lowest BCUT2D eigenvalue weighted by molar-refractivity contribution is -0.121. The number of carbonyl (C=O) groups is 1. The molecule has 3 nitrogen and oxygen atoms in total. The predicted molar refractivity (Wildman–Crippen MR) is 70.5 cm³/mol. The summed E-state index contributed by atoms with van der Waals surface area (Å²) < 4.78 is 0. The lowest BCUT2D eigenvalue weighted by atomic mass is 10.0. The third-order valence-electron chi connectivity index (χ3n) is 2.98. The number of rotatable bonds is 6. The number of nitrogens with one attached hydrogen (secondary N) is 1. The minimum Gasteiger partial charge on any atom is -0.354 e. The molecule has 17 heavy (non-hydrogen) atoms. The van der Waals surface area contributed by atoms with E-state index in [4.69, 9.17) is 5.73 Å². The van der Waals surface area contributed by atoms with Gasteiger partial charge in [0.15, 0.2) is 0 Å². The number of hydrogen-bond donors (Lipinski definition) is 2. The van der Waals surface area contributed by atoms with Gasteiger partial charge >= 0.3 is 0 Å². The van der Waals surface area contributed by atoms with Gasteiger partial charge in [0.05, 0.1) is 0 Å². The summed E-state index contributed by atoms with van der Waals surface area (Å²) in [5.74, 6) is 0.522. The predicted octanol–water partition coefficient (Wildman–Crippen LogP) is 2.24. The topological polar surface area (TPSA) is 55.1 Å². The van der Waals surface area contributed by atoms with E-state index in [1.807, 2.05) is 30.3 Å². The zero-order valence-electron chi connectivity index (χ0n) is 10.6. The molecule has 0 fully saturated rings. The van der Waals surface area contributed by atoms with Crippen molar-refractivity contribution >= 4 is 5.91 Å². The quantitative estimate of drug-likeness (QED) is 0.793. The normalized spacial score (nSPS) is 14.1. The van der Waals surface area contributed by atoms with Crippen molar-refractivity contribution in [3.8, 4) is 0 Å². The van der Waals surface area contributed by atoms with E-state index in [0.29, 0.717) is 18.9 Å². The van der Waals surface area contributed by atoms with E-state index in [0.717, 1.165) is 12.0 Å². The van der Waals surface area contributed by atoms with Gasteiger partial charge < -0.3 is 11.1 Å². The Morgan fingerprint density at radius 1 is 1.35 bits per heavy atom. The van der Waals surface area contributed by atoms with Crippen LogP contribution < -0.4 is 11.1 Å². The van der Waals surface area contributed by atoms with Crippen LogP contribution in [-0.2, 0) is 4.79 Å². The molecule has 3 heteroatoms. The number of hydrogen-bond acceptors (Lipinski definition) is 2. The summed E-state index contributed by atoms with van der Waals surface area (Å²) in [5, 5.41) is 2.88. The molecule has 3 N–H and O–H groups in total. The molecule has 0 saturated heterocycles. The molecule has 1 aromatic rings. The SMILES string of the molecule is CCC(C)CC(=O)NCC(N)c1ccccc1. The lowest BCUT2D eigenvalue weighted by Crippen LogP contribution is -2.32. The van der Waals surface area contributed by atoms with Crippen molar-refractivity contribution in [2.24, 2.45) is 11.7 Å². The highest BCUT2D eigenvalue weighted by molar-refractivity contribution is 5.76. The van der Waals surface area contributed by atoms with Gasteiger partial charge in [0, 0.05) is 19.0 Å². The Hall–Kier alpha value is -1.35. The first-order valence-corrected chi connectivity index (χ1v) is 6.20. The molecule has 0 radical (unpaired) electrons. The van der Waals surface area contributed by atoms with Crippen molar-refractivity contribution in [1.29, 1.82) is 0 Å². The molecule has 0 aliphatic heterocycles. The Balaban J connectivity index is 2.33. The standard InChI is InChI=1S/C14H22N2O/c1-3-11(2)9-14(17)16-10-13(15)12-7-5-4-6-8-12/h4-8,11,13H,3,9-10,15H2,1-2H3,(H,16,17). The van der Waals surface area contributed by atoms with E-state index in [2.05, 4.69) is 19.2 Å². The van der Waals surface area contributed by atoms with Crippen LogP contribution >= 0.6 is 0 Å². The summed E-state index contributed by atoms with van der Waals surface area (Å²) in [4.78, 5) is 11.6. The molecule has 2 unspecified atom stereocenters. The van der Waals surface area contributed by atoms with Gasteiger partial charge in [0.2, 0.25) is 5.91 Å².